The molecule has 1 heterocycles. The standard InChI is InChI=1S/C17H23N3O2/c1-17(2,3)11-19-16-18-9-8-13(20-16)12-6-7-14(21-4)15(10-12)22-5/h6-10H,11H2,1-5H3,(H,18,19,20). The van der Waals surface area contributed by atoms with Crippen molar-refractivity contribution < 1.29 is 9.47 Å². The maximum Gasteiger partial charge on any atom is 0.223 e. The van der Waals surface area contributed by atoms with Gasteiger partial charge in [0.15, 0.2) is 11.5 Å². The summed E-state index contributed by atoms with van der Waals surface area (Å²) < 4.78 is 10.6. The molecule has 22 heavy (non-hydrogen) atoms. The minimum absolute atomic E-state index is 0.169. The first-order valence-electron chi connectivity index (χ1n) is 7.22. The molecule has 1 aromatic heterocycles. The Morgan fingerprint density at radius 1 is 1.05 bits per heavy atom. The molecule has 0 atom stereocenters. The summed E-state index contributed by atoms with van der Waals surface area (Å²) in [6, 6.07) is 7.62. The third kappa shape index (κ3) is 4.10. The molecule has 0 saturated heterocycles. The SMILES string of the molecule is COc1ccc(-c2ccnc(NCC(C)(C)C)n2)cc1OC. The predicted molar refractivity (Wildman–Crippen MR) is 88.5 cm³/mol. The quantitative estimate of drug-likeness (QED) is 0.914. The zero-order valence-corrected chi connectivity index (χ0v) is 13.8. The van der Waals surface area contributed by atoms with Gasteiger partial charge in [0.2, 0.25) is 5.95 Å². The summed E-state index contributed by atoms with van der Waals surface area (Å²) in [5.74, 6) is 2.01. The van der Waals surface area contributed by atoms with E-state index in [0.29, 0.717) is 17.4 Å². The summed E-state index contributed by atoms with van der Waals surface area (Å²) in [5, 5.41) is 3.27. The summed E-state index contributed by atoms with van der Waals surface area (Å²) in [5.41, 5.74) is 1.97. The van der Waals surface area contributed by atoms with E-state index in [2.05, 4.69) is 36.1 Å². The Balaban J connectivity index is 2.26. The van der Waals surface area contributed by atoms with E-state index >= 15 is 0 Å². The molecule has 0 aliphatic heterocycles. The van der Waals surface area contributed by atoms with Gasteiger partial charge in [-0.2, -0.15) is 0 Å². The highest BCUT2D eigenvalue weighted by Crippen LogP contribution is 2.31. The largest absolute Gasteiger partial charge is 0.493 e. The molecule has 2 aromatic rings. The topological polar surface area (TPSA) is 56.3 Å². The first-order valence-corrected chi connectivity index (χ1v) is 7.22. The summed E-state index contributed by atoms with van der Waals surface area (Å²) in [7, 11) is 3.24. The third-order valence-corrected chi connectivity index (χ3v) is 3.11. The van der Waals surface area contributed by atoms with Gasteiger partial charge in [0, 0.05) is 18.3 Å². The van der Waals surface area contributed by atoms with Crippen molar-refractivity contribution in [2.75, 3.05) is 26.1 Å². The average molecular weight is 301 g/mol. The van der Waals surface area contributed by atoms with Crippen LogP contribution < -0.4 is 14.8 Å². The molecule has 0 aliphatic rings. The van der Waals surface area contributed by atoms with Crippen molar-refractivity contribution in [1.29, 1.82) is 0 Å². The Morgan fingerprint density at radius 3 is 2.41 bits per heavy atom. The highest BCUT2D eigenvalue weighted by Gasteiger charge is 2.11. The van der Waals surface area contributed by atoms with Gasteiger partial charge in [-0.1, -0.05) is 20.8 Å². The molecule has 5 heteroatoms. The lowest BCUT2D eigenvalue weighted by atomic mass is 9.97. The molecule has 0 fully saturated rings. The number of ether oxygens (including phenoxy) is 2. The van der Waals surface area contributed by atoms with Gasteiger partial charge in [0.25, 0.3) is 0 Å². The summed E-state index contributed by atoms with van der Waals surface area (Å²) >= 11 is 0. The minimum atomic E-state index is 0.169. The molecule has 0 amide bonds. The van der Waals surface area contributed by atoms with E-state index in [1.54, 1.807) is 20.4 Å². The smallest absolute Gasteiger partial charge is 0.223 e. The van der Waals surface area contributed by atoms with E-state index in [1.807, 2.05) is 24.3 Å². The zero-order valence-electron chi connectivity index (χ0n) is 13.8. The van der Waals surface area contributed by atoms with Crippen molar-refractivity contribution in [3.8, 4) is 22.8 Å². The molecule has 0 saturated carbocycles. The molecule has 0 bridgehead atoms. The maximum atomic E-state index is 5.34. The first kappa shape index (κ1) is 16.1. The molecule has 0 spiro atoms. The van der Waals surface area contributed by atoms with Gasteiger partial charge in [-0.15, -0.1) is 0 Å². The molecular weight excluding hydrogens is 278 g/mol. The van der Waals surface area contributed by atoms with Gasteiger partial charge in [-0.25, -0.2) is 9.97 Å². The highest BCUT2D eigenvalue weighted by atomic mass is 16.5. The second kappa shape index (κ2) is 6.64. The van der Waals surface area contributed by atoms with Crippen LogP contribution in [0.4, 0.5) is 5.95 Å². The monoisotopic (exact) mass is 301 g/mol. The van der Waals surface area contributed by atoms with Crippen LogP contribution in [0.2, 0.25) is 0 Å². The van der Waals surface area contributed by atoms with Crippen LogP contribution in [0.1, 0.15) is 20.8 Å². The van der Waals surface area contributed by atoms with Gasteiger partial charge in [-0.05, 0) is 29.7 Å². The molecule has 1 N–H and O–H groups in total. The van der Waals surface area contributed by atoms with Gasteiger partial charge in [0.1, 0.15) is 0 Å². The van der Waals surface area contributed by atoms with Crippen LogP contribution in [0.5, 0.6) is 11.5 Å². The number of hydrogen-bond donors (Lipinski definition) is 1. The predicted octanol–water partition coefficient (Wildman–Crippen LogP) is 3.62. The minimum Gasteiger partial charge on any atom is -0.493 e. The Labute approximate surface area is 131 Å². The van der Waals surface area contributed by atoms with Gasteiger partial charge >= 0.3 is 0 Å². The van der Waals surface area contributed by atoms with Gasteiger partial charge < -0.3 is 14.8 Å². The first-order chi connectivity index (χ1) is 10.4. The summed E-state index contributed by atoms with van der Waals surface area (Å²) in [6.45, 7) is 7.30. The number of anilines is 1. The van der Waals surface area contributed by atoms with Crippen molar-refractivity contribution >= 4 is 5.95 Å². The fourth-order valence-electron chi connectivity index (χ4n) is 1.94. The van der Waals surface area contributed by atoms with Crippen LogP contribution >= 0.6 is 0 Å². The second-order valence-corrected chi connectivity index (χ2v) is 6.25. The van der Waals surface area contributed by atoms with E-state index in [1.165, 1.54) is 0 Å². The molecule has 1 aromatic carbocycles. The fourth-order valence-corrected chi connectivity index (χ4v) is 1.94. The maximum absolute atomic E-state index is 5.34. The van der Waals surface area contributed by atoms with E-state index in [4.69, 9.17) is 9.47 Å². The third-order valence-electron chi connectivity index (χ3n) is 3.11. The van der Waals surface area contributed by atoms with Crippen molar-refractivity contribution in [1.82, 2.24) is 9.97 Å². The highest BCUT2D eigenvalue weighted by molar-refractivity contribution is 5.64. The zero-order chi connectivity index (χ0) is 16.2. The summed E-state index contributed by atoms with van der Waals surface area (Å²) in [4.78, 5) is 8.82. The van der Waals surface area contributed by atoms with Crippen LogP contribution in [0.3, 0.4) is 0 Å². The second-order valence-electron chi connectivity index (χ2n) is 6.25. The van der Waals surface area contributed by atoms with Gasteiger partial charge in [-0.3, -0.25) is 0 Å². The lowest BCUT2D eigenvalue weighted by Gasteiger charge is -2.18. The van der Waals surface area contributed by atoms with Gasteiger partial charge in [0.05, 0.1) is 19.9 Å². The Hall–Kier alpha value is -2.30. The number of aromatic nitrogens is 2. The molecular formula is C17H23N3O2. The van der Waals surface area contributed by atoms with E-state index in [-0.39, 0.29) is 5.41 Å². The molecule has 0 unspecified atom stereocenters. The number of nitrogens with zero attached hydrogens (tertiary/aromatic N) is 2. The normalized spacial score (nSPS) is 11.1. The lowest BCUT2D eigenvalue weighted by Crippen LogP contribution is -2.20. The van der Waals surface area contributed by atoms with Crippen LogP contribution in [-0.2, 0) is 0 Å². The number of methoxy groups -OCH3 is 2. The Morgan fingerprint density at radius 2 is 1.77 bits per heavy atom. The van der Waals surface area contributed by atoms with Crippen LogP contribution in [0.15, 0.2) is 30.5 Å². The summed E-state index contributed by atoms with van der Waals surface area (Å²) in [6.07, 6.45) is 1.75. The van der Waals surface area contributed by atoms with E-state index in [0.717, 1.165) is 17.8 Å². The molecule has 5 nitrogen and oxygen atoms in total. The van der Waals surface area contributed by atoms with Crippen LogP contribution in [0, 0.1) is 5.41 Å². The van der Waals surface area contributed by atoms with Crippen molar-refractivity contribution in [3.05, 3.63) is 30.5 Å². The number of nitrogens with one attached hydrogen (secondary N) is 1. The van der Waals surface area contributed by atoms with Crippen molar-refractivity contribution in [2.24, 2.45) is 5.41 Å². The average Bonchev–Trinajstić information content (AvgIpc) is 2.52. The Bertz CT molecular complexity index is 636. The number of rotatable bonds is 5. The van der Waals surface area contributed by atoms with Crippen molar-refractivity contribution in [2.45, 2.75) is 20.8 Å². The number of hydrogen-bond acceptors (Lipinski definition) is 5. The molecule has 0 radical (unpaired) electrons. The van der Waals surface area contributed by atoms with Crippen molar-refractivity contribution in [3.63, 3.8) is 0 Å². The van der Waals surface area contributed by atoms with Crippen LogP contribution in [0.25, 0.3) is 11.3 Å². The number of benzene rings is 1. The molecule has 2 rings (SSSR count). The molecule has 118 valence electrons. The van der Waals surface area contributed by atoms with Crippen LogP contribution in [-0.4, -0.2) is 30.7 Å². The van der Waals surface area contributed by atoms with E-state index in [9.17, 15) is 0 Å². The lowest BCUT2D eigenvalue weighted by molar-refractivity contribution is 0.355. The fraction of sp³-hybridized carbons (Fsp3) is 0.412. The molecule has 0 aliphatic carbocycles. The van der Waals surface area contributed by atoms with E-state index < -0.39 is 0 Å². The Kier molecular flexibility index (Phi) is 4.85.